The van der Waals surface area contributed by atoms with Crippen LogP contribution in [0.1, 0.15) is 27.2 Å². The lowest BCUT2D eigenvalue weighted by molar-refractivity contribution is -0.133. The Morgan fingerprint density at radius 2 is 2.13 bits per heavy atom. The maximum Gasteiger partial charge on any atom is 0.239 e. The van der Waals surface area contributed by atoms with Crippen LogP contribution in [0.3, 0.4) is 0 Å². The number of nitrogens with zero attached hydrogens (tertiary/aromatic N) is 4. The number of ether oxygens (including phenoxy) is 1. The molecule has 1 saturated heterocycles. The molecule has 2 N–H and O–H groups in total. The van der Waals surface area contributed by atoms with Gasteiger partial charge in [-0.15, -0.1) is 0 Å². The van der Waals surface area contributed by atoms with E-state index in [9.17, 15) is 4.79 Å². The van der Waals surface area contributed by atoms with Crippen molar-refractivity contribution in [2.45, 2.75) is 33.2 Å². The Balaban J connectivity index is 2.01. The second-order valence-electron chi connectivity index (χ2n) is 6.06. The number of carbonyl (C=O) groups is 1. The minimum Gasteiger partial charge on any atom is -0.478 e. The van der Waals surface area contributed by atoms with Crippen molar-refractivity contribution in [3.8, 4) is 5.88 Å². The normalized spacial score (nSPS) is 17.1. The van der Waals surface area contributed by atoms with E-state index in [4.69, 9.17) is 10.5 Å². The number of carbonyl (C=O) groups excluding carboxylic acids is 1. The smallest absolute Gasteiger partial charge is 0.239 e. The molecule has 1 aliphatic rings. The Hall–Kier alpha value is -1.89. The van der Waals surface area contributed by atoms with Gasteiger partial charge in [0.1, 0.15) is 0 Å². The van der Waals surface area contributed by atoms with E-state index in [-0.39, 0.29) is 11.8 Å². The largest absolute Gasteiger partial charge is 0.478 e. The monoisotopic (exact) mass is 321 g/mol. The van der Waals surface area contributed by atoms with Crippen LogP contribution in [0.5, 0.6) is 5.88 Å². The summed E-state index contributed by atoms with van der Waals surface area (Å²) >= 11 is 0. The van der Waals surface area contributed by atoms with Crippen molar-refractivity contribution in [2.75, 3.05) is 37.7 Å². The lowest BCUT2D eigenvalue weighted by atomic mass is 10.0. The Labute approximate surface area is 137 Å². The van der Waals surface area contributed by atoms with Gasteiger partial charge in [0.2, 0.25) is 17.7 Å². The third-order valence-electron chi connectivity index (χ3n) is 4.00. The van der Waals surface area contributed by atoms with Gasteiger partial charge >= 0.3 is 0 Å². The lowest BCUT2D eigenvalue weighted by Gasteiger charge is -2.26. The summed E-state index contributed by atoms with van der Waals surface area (Å²) in [6, 6.07) is 1.32. The van der Waals surface area contributed by atoms with Crippen LogP contribution >= 0.6 is 0 Å². The quantitative estimate of drug-likeness (QED) is 0.867. The number of hydrogen-bond acceptors (Lipinski definition) is 6. The zero-order chi connectivity index (χ0) is 16.8. The van der Waals surface area contributed by atoms with Crippen LogP contribution in [-0.2, 0) is 4.79 Å². The van der Waals surface area contributed by atoms with E-state index in [1.807, 2.05) is 25.7 Å². The van der Waals surface area contributed by atoms with Gasteiger partial charge in [-0.3, -0.25) is 4.79 Å². The van der Waals surface area contributed by atoms with E-state index < -0.39 is 6.04 Å². The predicted octanol–water partition coefficient (Wildman–Crippen LogP) is 0.897. The van der Waals surface area contributed by atoms with Crippen LogP contribution < -0.4 is 15.4 Å². The fourth-order valence-electron chi connectivity index (χ4n) is 2.55. The van der Waals surface area contributed by atoms with Crippen LogP contribution in [0.15, 0.2) is 12.3 Å². The third kappa shape index (κ3) is 4.54. The number of hydrogen-bond donors (Lipinski definition) is 1. The standard InChI is InChI=1S/C16H27N5O2/c1-4-23-13-6-7-18-16(19-13)21-9-5-8-20(10-11-21)15(22)14(17)12(2)3/h6-7,12,14H,4-5,8-11,17H2,1-3H3/t14-/m0/s1. The zero-order valence-electron chi connectivity index (χ0n) is 14.2. The van der Waals surface area contributed by atoms with Gasteiger partial charge in [0.05, 0.1) is 12.6 Å². The van der Waals surface area contributed by atoms with Crippen LogP contribution in [0, 0.1) is 5.92 Å². The van der Waals surface area contributed by atoms with E-state index >= 15 is 0 Å². The first-order valence-corrected chi connectivity index (χ1v) is 8.28. The molecule has 1 aromatic rings. The Morgan fingerprint density at radius 1 is 1.35 bits per heavy atom. The second kappa shape index (κ2) is 8.10. The molecular formula is C16H27N5O2. The van der Waals surface area contributed by atoms with Crippen LogP contribution in [0.2, 0.25) is 0 Å². The first-order chi connectivity index (χ1) is 11.0. The molecule has 7 heteroatoms. The molecule has 0 spiro atoms. The molecule has 0 aromatic carbocycles. The van der Waals surface area contributed by atoms with Crippen molar-refractivity contribution in [3.05, 3.63) is 12.3 Å². The molecular weight excluding hydrogens is 294 g/mol. The fourth-order valence-corrected chi connectivity index (χ4v) is 2.55. The molecule has 0 unspecified atom stereocenters. The van der Waals surface area contributed by atoms with Crippen LogP contribution in [0.25, 0.3) is 0 Å². The topological polar surface area (TPSA) is 84.6 Å². The molecule has 128 valence electrons. The highest BCUT2D eigenvalue weighted by atomic mass is 16.5. The molecule has 23 heavy (non-hydrogen) atoms. The molecule has 1 amide bonds. The highest BCUT2D eigenvalue weighted by Crippen LogP contribution is 2.16. The molecule has 2 rings (SSSR count). The molecule has 1 aliphatic heterocycles. The van der Waals surface area contributed by atoms with Crippen molar-refractivity contribution in [1.29, 1.82) is 0 Å². The molecule has 2 heterocycles. The predicted molar refractivity (Wildman–Crippen MR) is 89.4 cm³/mol. The highest BCUT2D eigenvalue weighted by Gasteiger charge is 2.26. The van der Waals surface area contributed by atoms with Gasteiger partial charge in [0.15, 0.2) is 0 Å². The van der Waals surface area contributed by atoms with Crippen molar-refractivity contribution < 1.29 is 9.53 Å². The Kier molecular flexibility index (Phi) is 6.15. The molecule has 0 aliphatic carbocycles. The Morgan fingerprint density at radius 3 is 2.83 bits per heavy atom. The number of nitrogens with two attached hydrogens (primary N) is 1. The maximum absolute atomic E-state index is 12.4. The number of anilines is 1. The van der Waals surface area contributed by atoms with Crippen LogP contribution in [0.4, 0.5) is 5.95 Å². The molecule has 1 aromatic heterocycles. The number of aromatic nitrogens is 2. The van der Waals surface area contributed by atoms with Crippen molar-refractivity contribution in [3.63, 3.8) is 0 Å². The summed E-state index contributed by atoms with van der Waals surface area (Å²) in [5.41, 5.74) is 5.99. The van der Waals surface area contributed by atoms with Gasteiger partial charge < -0.3 is 20.3 Å². The number of amides is 1. The average Bonchev–Trinajstić information content (AvgIpc) is 2.80. The van der Waals surface area contributed by atoms with E-state index in [1.54, 1.807) is 12.3 Å². The summed E-state index contributed by atoms with van der Waals surface area (Å²) in [6.07, 6.45) is 2.58. The first kappa shape index (κ1) is 17.5. The Bertz CT molecular complexity index is 523. The van der Waals surface area contributed by atoms with E-state index in [0.29, 0.717) is 31.5 Å². The summed E-state index contributed by atoms with van der Waals surface area (Å²) in [7, 11) is 0. The van der Waals surface area contributed by atoms with Crippen molar-refractivity contribution in [2.24, 2.45) is 11.7 Å². The highest BCUT2D eigenvalue weighted by molar-refractivity contribution is 5.82. The summed E-state index contributed by atoms with van der Waals surface area (Å²) < 4.78 is 5.43. The molecule has 0 radical (unpaired) electrons. The SMILES string of the molecule is CCOc1ccnc(N2CCCN(C(=O)[C@@H](N)C(C)C)CC2)n1. The molecule has 1 fully saturated rings. The summed E-state index contributed by atoms with van der Waals surface area (Å²) in [5, 5.41) is 0. The lowest BCUT2D eigenvalue weighted by Crippen LogP contribution is -2.47. The van der Waals surface area contributed by atoms with Gasteiger partial charge in [-0.25, -0.2) is 4.98 Å². The molecule has 0 bridgehead atoms. The molecule has 1 atom stereocenters. The van der Waals surface area contributed by atoms with Gasteiger partial charge in [-0.05, 0) is 19.3 Å². The van der Waals surface area contributed by atoms with Gasteiger partial charge in [-0.1, -0.05) is 13.8 Å². The number of rotatable bonds is 5. The molecule has 7 nitrogen and oxygen atoms in total. The first-order valence-electron chi connectivity index (χ1n) is 8.28. The zero-order valence-corrected chi connectivity index (χ0v) is 14.2. The van der Waals surface area contributed by atoms with Crippen molar-refractivity contribution in [1.82, 2.24) is 14.9 Å². The minimum atomic E-state index is -0.431. The summed E-state index contributed by atoms with van der Waals surface area (Å²) in [5.74, 6) is 1.41. The third-order valence-corrected chi connectivity index (χ3v) is 4.00. The summed E-state index contributed by atoms with van der Waals surface area (Å²) in [6.45, 7) is 9.32. The maximum atomic E-state index is 12.4. The van der Waals surface area contributed by atoms with Crippen LogP contribution in [-0.4, -0.2) is 59.6 Å². The summed E-state index contributed by atoms with van der Waals surface area (Å²) in [4.78, 5) is 25.1. The van der Waals surface area contributed by atoms with Gasteiger partial charge in [-0.2, -0.15) is 4.98 Å². The van der Waals surface area contributed by atoms with Crippen molar-refractivity contribution >= 4 is 11.9 Å². The minimum absolute atomic E-state index is 0.0332. The second-order valence-corrected chi connectivity index (χ2v) is 6.06. The molecule has 0 saturated carbocycles. The van der Waals surface area contributed by atoms with E-state index in [2.05, 4.69) is 14.9 Å². The van der Waals surface area contributed by atoms with E-state index in [1.165, 1.54) is 0 Å². The van der Waals surface area contributed by atoms with E-state index in [0.717, 1.165) is 19.5 Å². The fraction of sp³-hybridized carbons (Fsp3) is 0.688. The van der Waals surface area contributed by atoms with Gasteiger partial charge in [0.25, 0.3) is 0 Å². The average molecular weight is 321 g/mol. The van der Waals surface area contributed by atoms with Gasteiger partial charge in [0, 0.05) is 38.4 Å².